The van der Waals surface area contributed by atoms with E-state index in [4.69, 9.17) is 31.0 Å². The van der Waals surface area contributed by atoms with E-state index >= 15 is 0 Å². The van der Waals surface area contributed by atoms with Crippen molar-refractivity contribution in [2.45, 2.75) is 39.7 Å². The summed E-state index contributed by atoms with van der Waals surface area (Å²) >= 11 is 7.33. The van der Waals surface area contributed by atoms with Gasteiger partial charge in [-0.25, -0.2) is 9.78 Å². The summed E-state index contributed by atoms with van der Waals surface area (Å²) in [7, 11) is 0. The zero-order valence-corrected chi connectivity index (χ0v) is 18.7. The van der Waals surface area contributed by atoms with Crippen molar-refractivity contribution in [3.8, 4) is 11.6 Å². The van der Waals surface area contributed by atoms with Gasteiger partial charge in [-0.2, -0.15) is 4.98 Å². The van der Waals surface area contributed by atoms with Crippen LogP contribution >= 0.6 is 22.9 Å². The number of aryl methyl sites for hydroxylation is 1. The Hall–Kier alpha value is -2.22. The summed E-state index contributed by atoms with van der Waals surface area (Å²) < 4.78 is 11.4. The Labute approximate surface area is 184 Å². The van der Waals surface area contributed by atoms with Crippen molar-refractivity contribution >= 4 is 39.1 Å². The highest BCUT2D eigenvalue weighted by Gasteiger charge is 2.23. The molecule has 0 saturated carbocycles. The quantitative estimate of drug-likeness (QED) is 0.459. The highest BCUT2D eigenvalue weighted by molar-refractivity contribution is 7.20. The van der Waals surface area contributed by atoms with Crippen molar-refractivity contribution < 1.29 is 14.3 Å². The molecule has 0 radical (unpaired) electrons. The number of benzene rings is 1. The average molecular weight is 446 g/mol. The molecule has 0 unspecified atom stereocenters. The number of carbonyl (C=O) groups excluding carboxylic acids is 1. The molecule has 3 aromatic rings. The Morgan fingerprint density at radius 3 is 2.60 bits per heavy atom. The maximum atomic E-state index is 12.4. The molecule has 3 heterocycles. The first kappa shape index (κ1) is 21.0. The SMILES string of the molecule is CCOC(=O)c1sc2nc(CN3CCCCC3)nc(Oc3ccc(Cl)cc3)c2c1C. The number of hydrogen-bond acceptors (Lipinski definition) is 7. The summed E-state index contributed by atoms with van der Waals surface area (Å²) in [5.74, 6) is 1.45. The second-order valence-electron chi connectivity index (χ2n) is 7.29. The van der Waals surface area contributed by atoms with Crippen LogP contribution in [0.2, 0.25) is 5.02 Å². The molecule has 6 nitrogen and oxygen atoms in total. The lowest BCUT2D eigenvalue weighted by Gasteiger charge is -2.25. The van der Waals surface area contributed by atoms with E-state index in [0.29, 0.717) is 40.5 Å². The topological polar surface area (TPSA) is 64.5 Å². The molecule has 2 aromatic heterocycles. The fraction of sp³-hybridized carbons (Fsp3) is 0.409. The molecule has 1 aromatic carbocycles. The van der Waals surface area contributed by atoms with Crippen LogP contribution in [0.3, 0.4) is 0 Å². The molecule has 158 valence electrons. The standard InChI is InChI=1S/C22H24ClN3O3S/c1-3-28-22(27)19-14(2)18-20(29-16-9-7-15(23)8-10-16)24-17(25-21(18)30-19)13-26-11-5-4-6-12-26/h7-10H,3-6,11-13H2,1-2H3. The van der Waals surface area contributed by atoms with Gasteiger partial charge in [0.25, 0.3) is 0 Å². The lowest BCUT2D eigenvalue weighted by atomic mass is 10.1. The molecule has 0 amide bonds. The minimum Gasteiger partial charge on any atom is -0.462 e. The van der Waals surface area contributed by atoms with Crippen LogP contribution < -0.4 is 4.74 Å². The van der Waals surface area contributed by atoms with Crippen LogP contribution in [0.5, 0.6) is 11.6 Å². The Morgan fingerprint density at radius 2 is 1.90 bits per heavy atom. The Balaban J connectivity index is 1.75. The van der Waals surface area contributed by atoms with E-state index in [2.05, 4.69) is 4.90 Å². The van der Waals surface area contributed by atoms with E-state index in [1.807, 2.05) is 6.92 Å². The molecule has 30 heavy (non-hydrogen) atoms. The number of piperidine rings is 1. The third kappa shape index (κ3) is 4.58. The highest BCUT2D eigenvalue weighted by atomic mass is 35.5. The molecule has 1 fully saturated rings. The predicted molar refractivity (Wildman–Crippen MR) is 119 cm³/mol. The molecule has 1 aliphatic rings. The molecule has 0 N–H and O–H groups in total. The lowest BCUT2D eigenvalue weighted by molar-refractivity contribution is 0.0531. The zero-order valence-electron chi connectivity index (χ0n) is 17.1. The summed E-state index contributed by atoms with van der Waals surface area (Å²) in [6.45, 7) is 6.77. The highest BCUT2D eigenvalue weighted by Crippen LogP contribution is 2.37. The van der Waals surface area contributed by atoms with E-state index in [1.165, 1.54) is 30.6 Å². The van der Waals surface area contributed by atoms with Crippen molar-refractivity contribution in [1.82, 2.24) is 14.9 Å². The van der Waals surface area contributed by atoms with Crippen LogP contribution in [-0.4, -0.2) is 40.5 Å². The number of aromatic nitrogens is 2. The third-order valence-corrected chi connectivity index (χ3v) is 6.52. The summed E-state index contributed by atoms with van der Waals surface area (Å²) in [6.07, 6.45) is 3.66. The van der Waals surface area contributed by atoms with E-state index in [0.717, 1.165) is 28.9 Å². The Morgan fingerprint density at radius 1 is 1.17 bits per heavy atom. The second kappa shape index (κ2) is 9.29. The normalized spacial score (nSPS) is 14.8. The molecule has 0 bridgehead atoms. The maximum absolute atomic E-state index is 12.4. The number of thiophene rings is 1. The first-order chi connectivity index (χ1) is 14.5. The molecule has 4 rings (SSSR count). The number of esters is 1. The van der Waals surface area contributed by atoms with Gasteiger partial charge in [-0.1, -0.05) is 18.0 Å². The fourth-order valence-electron chi connectivity index (χ4n) is 3.61. The van der Waals surface area contributed by atoms with E-state index in [-0.39, 0.29) is 5.97 Å². The van der Waals surface area contributed by atoms with Crippen LogP contribution in [0.15, 0.2) is 24.3 Å². The van der Waals surface area contributed by atoms with Crippen molar-refractivity contribution in [3.05, 3.63) is 45.6 Å². The first-order valence-electron chi connectivity index (χ1n) is 10.2. The van der Waals surface area contributed by atoms with E-state index in [1.54, 1.807) is 31.2 Å². The Kier molecular flexibility index (Phi) is 6.51. The van der Waals surface area contributed by atoms with Crippen molar-refractivity contribution in [3.63, 3.8) is 0 Å². The first-order valence-corrected chi connectivity index (χ1v) is 11.4. The fourth-order valence-corrected chi connectivity index (χ4v) is 4.82. The van der Waals surface area contributed by atoms with Crippen LogP contribution in [0.25, 0.3) is 10.2 Å². The Bertz CT molecular complexity index is 1050. The van der Waals surface area contributed by atoms with Crippen LogP contribution in [-0.2, 0) is 11.3 Å². The number of nitrogens with zero attached hydrogens (tertiary/aromatic N) is 3. The smallest absolute Gasteiger partial charge is 0.348 e. The monoisotopic (exact) mass is 445 g/mol. The molecular formula is C22H24ClN3O3S. The van der Waals surface area contributed by atoms with Gasteiger partial charge in [0.05, 0.1) is 18.5 Å². The summed E-state index contributed by atoms with van der Waals surface area (Å²) in [5, 5.41) is 1.39. The van der Waals surface area contributed by atoms with Gasteiger partial charge in [-0.05, 0) is 69.6 Å². The molecule has 1 saturated heterocycles. The lowest BCUT2D eigenvalue weighted by Crippen LogP contribution is -2.29. The molecule has 0 aliphatic carbocycles. The summed E-state index contributed by atoms with van der Waals surface area (Å²) in [4.78, 5) is 25.6. The summed E-state index contributed by atoms with van der Waals surface area (Å²) in [5.41, 5.74) is 0.780. The largest absolute Gasteiger partial charge is 0.462 e. The van der Waals surface area contributed by atoms with Crippen molar-refractivity contribution in [2.75, 3.05) is 19.7 Å². The molecular weight excluding hydrogens is 422 g/mol. The second-order valence-corrected chi connectivity index (χ2v) is 8.73. The van der Waals surface area contributed by atoms with Gasteiger partial charge in [-0.15, -0.1) is 11.3 Å². The van der Waals surface area contributed by atoms with E-state index in [9.17, 15) is 4.79 Å². The number of ether oxygens (including phenoxy) is 2. The number of hydrogen-bond donors (Lipinski definition) is 0. The van der Waals surface area contributed by atoms with Crippen LogP contribution in [0, 0.1) is 6.92 Å². The van der Waals surface area contributed by atoms with Gasteiger partial charge in [0.2, 0.25) is 5.88 Å². The third-order valence-electron chi connectivity index (χ3n) is 5.11. The maximum Gasteiger partial charge on any atom is 0.348 e. The number of likely N-dealkylation sites (tertiary alicyclic amines) is 1. The van der Waals surface area contributed by atoms with Crippen LogP contribution in [0.4, 0.5) is 0 Å². The summed E-state index contributed by atoms with van der Waals surface area (Å²) in [6, 6.07) is 7.14. The van der Waals surface area contributed by atoms with E-state index < -0.39 is 0 Å². The molecule has 0 spiro atoms. The van der Waals surface area contributed by atoms with Crippen molar-refractivity contribution in [2.24, 2.45) is 0 Å². The van der Waals surface area contributed by atoms with Gasteiger partial charge in [-0.3, -0.25) is 4.90 Å². The number of fused-ring (bicyclic) bond motifs is 1. The molecule has 8 heteroatoms. The average Bonchev–Trinajstić information content (AvgIpc) is 3.07. The molecule has 0 atom stereocenters. The van der Waals surface area contributed by atoms with Gasteiger partial charge >= 0.3 is 5.97 Å². The molecule has 1 aliphatic heterocycles. The van der Waals surface area contributed by atoms with Crippen molar-refractivity contribution in [1.29, 1.82) is 0 Å². The zero-order chi connectivity index (χ0) is 21.1. The van der Waals surface area contributed by atoms with Gasteiger partial charge < -0.3 is 9.47 Å². The van der Waals surface area contributed by atoms with Gasteiger partial charge in [0.15, 0.2) is 0 Å². The van der Waals surface area contributed by atoms with Gasteiger partial charge in [0.1, 0.15) is 21.3 Å². The number of halogens is 1. The number of rotatable bonds is 6. The minimum absolute atomic E-state index is 0.326. The van der Waals surface area contributed by atoms with Gasteiger partial charge in [0, 0.05) is 5.02 Å². The number of carbonyl (C=O) groups is 1. The predicted octanol–water partition coefficient (Wildman–Crippen LogP) is 5.61. The minimum atomic E-state index is -0.340. The van der Waals surface area contributed by atoms with Crippen LogP contribution in [0.1, 0.15) is 47.2 Å².